The number of carboxylic acid groups (broad SMARTS) is 1. The molecule has 4 atom stereocenters. The lowest BCUT2D eigenvalue weighted by atomic mass is 9.78. The predicted molar refractivity (Wildman–Crippen MR) is 72.3 cm³/mol. The molecule has 4 unspecified atom stereocenters. The summed E-state index contributed by atoms with van der Waals surface area (Å²) in [5.41, 5.74) is 1.68. The number of benzene rings is 1. The van der Waals surface area contributed by atoms with Crippen LogP contribution in [0.2, 0.25) is 0 Å². The molecule has 2 heterocycles. The molecule has 2 N–H and O–H groups in total. The molecule has 2 aliphatic heterocycles. The van der Waals surface area contributed by atoms with E-state index in [-0.39, 0.29) is 18.1 Å². The largest absolute Gasteiger partial charge is 0.481 e. The molecule has 5 nitrogen and oxygen atoms in total. The van der Waals surface area contributed by atoms with Crippen molar-refractivity contribution in [1.82, 2.24) is 0 Å². The van der Waals surface area contributed by atoms with Gasteiger partial charge in [0.05, 0.1) is 24.0 Å². The van der Waals surface area contributed by atoms with Crippen LogP contribution in [-0.2, 0) is 14.3 Å². The van der Waals surface area contributed by atoms with E-state index in [0.717, 1.165) is 24.1 Å². The Kier molecular flexibility index (Phi) is 3.22. The Balaban J connectivity index is 1.80. The predicted octanol–water partition coefficient (Wildman–Crippen LogP) is 1.81. The number of fused-ring (bicyclic) bond motifs is 2. The van der Waals surface area contributed by atoms with Crippen LogP contribution in [0.4, 0.5) is 5.69 Å². The molecule has 0 saturated carbocycles. The summed E-state index contributed by atoms with van der Waals surface area (Å²) in [5, 5.41) is 12.2. The number of rotatable bonds is 3. The van der Waals surface area contributed by atoms with Crippen molar-refractivity contribution >= 4 is 17.6 Å². The molecular formula is C15H17NO4. The first-order chi connectivity index (χ1) is 9.58. The average Bonchev–Trinajstić information content (AvgIpc) is 3.01. The summed E-state index contributed by atoms with van der Waals surface area (Å²) >= 11 is 0. The first-order valence-electron chi connectivity index (χ1n) is 6.82. The summed E-state index contributed by atoms with van der Waals surface area (Å²) in [6.07, 6.45) is 0.922. The Morgan fingerprint density at radius 2 is 1.85 bits per heavy atom. The summed E-state index contributed by atoms with van der Waals surface area (Å²) < 4.78 is 5.61. The molecule has 0 aliphatic carbocycles. The van der Waals surface area contributed by atoms with Crippen molar-refractivity contribution in [2.75, 3.05) is 5.32 Å². The number of aryl methyl sites for hydroxylation is 1. The van der Waals surface area contributed by atoms with Crippen molar-refractivity contribution in [3.05, 3.63) is 29.8 Å². The van der Waals surface area contributed by atoms with Gasteiger partial charge in [0, 0.05) is 5.69 Å². The Morgan fingerprint density at radius 1 is 1.20 bits per heavy atom. The van der Waals surface area contributed by atoms with E-state index in [2.05, 4.69) is 5.32 Å². The molecular weight excluding hydrogens is 258 g/mol. The van der Waals surface area contributed by atoms with Crippen LogP contribution in [0, 0.1) is 18.8 Å². The number of hydrogen-bond donors (Lipinski definition) is 2. The highest BCUT2D eigenvalue weighted by Gasteiger charge is 2.55. The molecule has 5 heteroatoms. The van der Waals surface area contributed by atoms with Gasteiger partial charge >= 0.3 is 5.97 Å². The van der Waals surface area contributed by atoms with Gasteiger partial charge in [-0.1, -0.05) is 18.2 Å². The maximum absolute atomic E-state index is 12.4. The summed E-state index contributed by atoms with van der Waals surface area (Å²) in [6.45, 7) is 1.90. The fourth-order valence-corrected chi connectivity index (χ4v) is 3.25. The second-order valence-corrected chi connectivity index (χ2v) is 5.48. The minimum atomic E-state index is -0.942. The second kappa shape index (κ2) is 4.90. The minimum Gasteiger partial charge on any atom is -0.481 e. The molecule has 0 radical (unpaired) electrons. The van der Waals surface area contributed by atoms with E-state index < -0.39 is 17.8 Å². The van der Waals surface area contributed by atoms with Crippen molar-refractivity contribution in [3.63, 3.8) is 0 Å². The Bertz CT molecular complexity index is 557. The fourth-order valence-electron chi connectivity index (χ4n) is 3.25. The molecule has 1 aromatic carbocycles. The number of carbonyl (C=O) groups excluding carboxylic acids is 1. The van der Waals surface area contributed by atoms with Gasteiger partial charge in [0.2, 0.25) is 5.91 Å². The van der Waals surface area contributed by atoms with E-state index >= 15 is 0 Å². The molecule has 0 aromatic heterocycles. The van der Waals surface area contributed by atoms with E-state index in [9.17, 15) is 14.7 Å². The van der Waals surface area contributed by atoms with Crippen molar-refractivity contribution in [2.45, 2.75) is 32.0 Å². The second-order valence-electron chi connectivity index (χ2n) is 5.48. The zero-order valence-corrected chi connectivity index (χ0v) is 11.2. The first kappa shape index (κ1) is 13.1. The normalized spacial score (nSPS) is 31.2. The number of aliphatic carboxylic acids is 1. The van der Waals surface area contributed by atoms with Crippen LogP contribution in [0.25, 0.3) is 0 Å². The van der Waals surface area contributed by atoms with E-state index in [1.807, 2.05) is 31.2 Å². The number of carbonyl (C=O) groups is 2. The van der Waals surface area contributed by atoms with Gasteiger partial charge in [-0.2, -0.15) is 0 Å². The SMILES string of the molecule is Cc1ccccc1NC(=O)C1C2CCC(O2)C1C(=O)O. The third-order valence-electron chi connectivity index (χ3n) is 4.26. The van der Waals surface area contributed by atoms with Crippen LogP contribution in [0.3, 0.4) is 0 Å². The molecule has 2 fully saturated rings. The monoisotopic (exact) mass is 275 g/mol. The molecule has 3 rings (SSSR count). The Morgan fingerprint density at radius 3 is 2.50 bits per heavy atom. The summed E-state index contributed by atoms with van der Waals surface area (Å²) in [4.78, 5) is 23.8. The minimum absolute atomic E-state index is 0.251. The summed E-state index contributed by atoms with van der Waals surface area (Å²) in [7, 11) is 0. The highest BCUT2D eigenvalue weighted by molar-refractivity contribution is 5.96. The van der Waals surface area contributed by atoms with Crippen LogP contribution in [0.15, 0.2) is 24.3 Å². The van der Waals surface area contributed by atoms with Gasteiger partial charge < -0.3 is 15.2 Å². The lowest BCUT2D eigenvalue weighted by molar-refractivity contribution is -0.147. The van der Waals surface area contributed by atoms with Gasteiger partial charge in [0.25, 0.3) is 0 Å². The molecule has 20 heavy (non-hydrogen) atoms. The number of anilines is 1. The van der Waals surface area contributed by atoms with Crippen molar-refractivity contribution in [3.8, 4) is 0 Å². The van der Waals surface area contributed by atoms with Crippen LogP contribution in [0.1, 0.15) is 18.4 Å². The van der Waals surface area contributed by atoms with Crippen molar-refractivity contribution < 1.29 is 19.4 Å². The van der Waals surface area contributed by atoms with Crippen molar-refractivity contribution in [1.29, 1.82) is 0 Å². The third-order valence-corrected chi connectivity index (χ3v) is 4.26. The molecule has 2 bridgehead atoms. The van der Waals surface area contributed by atoms with E-state index in [4.69, 9.17) is 4.74 Å². The number of ether oxygens (including phenoxy) is 1. The van der Waals surface area contributed by atoms with E-state index in [1.54, 1.807) is 0 Å². The standard InChI is InChI=1S/C15H17NO4/c1-8-4-2-3-5-9(8)16-14(17)12-10-6-7-11(20-10)13(12)15(18)19/h2-5,10-13H,6-7H2,1H3,(H,16,17)(H,18,19). The topological polar surface area (TPSA) is 75.6 Å². The van der Waals surface area contributed by atoms with Crippen LogP contribution < -0.4 is 5.32 Å². The molecule has 2 saturated heterocycles. The van der Waals surface area contributed by atoms with Crippen LogP contribution in [0.5, 0.6) is 0 Å². The van der Waals surface area contributed by atoms with Crippen LogP contribution in [-0.4, -0.2) is 29.2 Å². The maximum atomic E-state index is 12.4. The molecule has 0 spiro atoms. The zero-order chi connectivity index (χ0) is 14.3. The van der Waals surface area contributed by atoms with Gasteiger partial charge in [-0.05, 0) is 31.4 Å². The number of hydrogen-bond acceptors (Lipinski definition) is 3. The Labute approximate surface area is 116 Å². The number of carboxylic acids is 1. The average molecular weight is 275 g/mol. The summed E-state index contributed by atoms with van der Waals surface area (Å²) in [5.74, 6) is -2.51. The number of para-hydroxylation sites is 1. The number of nitrogens with one attached hydrogen (secondary N) is 1. The molecule has 106 valence electrons. The maximum Gasteiger partial charge on any atom is 0.310 e. The Hall–Kier alpha value is -1.88. The van der Waals surface area contributed by atoms with E-state index in [1.165, 1.54) is 0 Å². The highest BCUT2D eigenvalue weighted by Crippen LogP contribution is 2.44. The molecule has 1 amide bonds. The molecule has 2 aliphatic rings. The molecule has 1 aromatic rings. The smallest absolute Gasteiger partial charge is 0.310 e. The lowest BCUT2D eigenvalue weighted by Gasteiger charge is -2.24. The first-order valence-corrected chi connectivity index (χ1v) is 6.82. The fraction of sp³-hybridized carbons (Fsp3) is 0.467. The number of amides is 1. The highest BCUT2D eigenvalue weighted by atomic mass is 16.5. The zero-order valence-electron chi connectivity index (χ0n) is 11.2. The lowest BCUT2D eigenvalue weighted by Crippen LogP contribution is -2.41. The summed E-state index contributed by atoms with van der Waals surface area (Å²) in [6, 6.07) is 7.46. The van der Waals surface area contributed by atoms with Gasteiger partial charge in [-0.15, -0.1) is 0 Å². The van der Waals surface area contributed by atoms with E-state index in [0.29, 0.717) is 0 Å². The third kappa shape index (κ3) is 2.08. The van der Waals surface area contributed by atoms with Gasteiger partial charge in [-0.25, -0.2) is 0 Å². The van der Waals surface area contributed by atoms with Crippen LogP contribution >= 0.6 is 0 Å². The van der Waals surface area contributed by atoms with Crippen molar-refractivity contribution in [2.24, 2.45) is 11.8 Å². The van der Waals surface area contributed by atoms with Gasteiger partial charge in [-0.3, -0.25) is 9.59 Å². The van der Waals surface area contributed by atoms with Gasteiger partial charge in [0.15, 0.2) is 0 Å². The van der Waals surface area contributed by atoms with Gasteiger partial charge in [0.1, 0.15) is 0 Å². The quantitative estimate of drug-likeness (QED) is 0.882.